The largest absolute Gasteiger partial charge is 0.491 e. The Labute approximate surface area is 166 Å². The van der Waals surface area contributed by atoms with Gasteiger partial charge in [0.15, 0.2) is 0 Å². The first kappa shape index (κ1) is 18.8. The maximum absolute atomic E-state index is 8.71. The van der Waals surface area contributed by atoms with Crippen molar-refractivity contribution >= 4 is 17.7 Å². The van der Waals surface area contributed by atoms with Gasteiger partial charge in [-0.05, 0) is 51.0 Å². The number of anilines is 1. The van der Waals surface area contributed by atoms with Gasteiger partial charge in [0.25, 0.3) is 0 Å². The number of nitrogens with one attached hydrogen (secondary N) is 2. The van der Waals surface area contributed by atoms with Crippen molar-refractivity contribution in [3.63, 3.8) is 0 Å². The summed E-state index contributed by atoms with van der Waals surface area (Å²) in [5.74, 6) is 1.67. The smallest absolute Gasteiger partial charge is 0.128 e. The van der Waals surface area contributed by atoms with Crippen molar-refractivity contribution in [1.29, 1.82) is 5.41 Å². The summed E-state index contributed by atoms with van der Waals surface area (Å²) >= 11 is 0. The lowest BCUT2D eigenvalue weighted by Crippen LogP contribution is -2.47. The van der Waals surface area contributed by atoms with Gasteiger partial charge in [-0.15, -0.1) is 0 Å². The van der Waals surface area contributed by atoms with Gasteiger partial charge in [0.05, 0.1) is 24.2 Å². The number of nitrogen functional groups attached to an aromatic ring is 1. The van der Waals surface area contributed by atoms with E-state index < -0.39 is 0 Å². The maximum Gasteiger partial charge on any atom is 0.128 e. The Hall–Kier alpha value is -2.54. The quantitative estimate of drug-likeness (QED) is 0.517. The number of nitrogens with zero attached hydrogens (tertiary/aromatic N) is 3. The van der Waals surface area contributed by atoms with Crippen LogP contribution in [0.5, 0.6) is 5.75 Å². The van der Waals surface area contributed by atoms with Gasteiger partial charge in [-0.3, -0.25) is 4.90 Å². The summed E-state index contributed by atoms with van der Waals surface area (Å²) in [5, 5.41) is 11.9. The summed E-state index contributed by atoms with van der Waals surface area (Å²) in [7, 11) is 0. The number of rotatable bonds is 6. The third kappa shape index (κ3) is 4.14. The zero-order valence-electron chi connectivity index (χ0n) is 16.7. The van der Waals surface area contributed by atoms with Gasteiger partial charge in [0.2, 0.25) is 0 Å². The molecule has 1 aliphatic carbocycles. The molecule has 0 bridgehead atoms. The Kier molecular flexibility index (Phi) is 5.26. The van der Waals surface area contributed by atoms with Crippen molar-refractivity contribution in [3.05, 3.63) is 35.7 Å². The molecule has 4 N–H and O–H groups in total. The molecule has 1 atom stereocenters. The molecule has 150 valence electrons. The van der Waals surface area contributed by atoms with Gasteiger partial charge in [0, 0.05) is 43.5 Å². The van der Waals surface area contributed by atoms with E-state index in [0.29, 0.717) is 17.0 Å². The van der Waals surface area contributed by atoms with Gasteiger partial charge in [-0.2, -0.15) is 0 Å². The van der Waals surface area contributed by atoms with Crippen molar-refractivity contribution in [1.82, 2.24) is 15.1 Å². The van der Waals surface area contributed by atoms with E-state index in [-0.39, 0.29) is 12.1 Å². The topological polar surface area (TPSA) is 90.0 Å². The molecular weight excluding hydrogens is 352 g/mol. The number of hydrogen-bond donors (Lipinski definition) is 3. The standard InChI is InChI=1S/C21H30N6O/c1-14(2)28-16-5-6-18(22)17(11-16)21(23)19-12-20(25-13-24-19)27-9-7-26(8-10-27)15-3-4-15/h5-6,11-15,19,23H,3-4,7-10,22H2,1-2H3,(H,24,25)/t19-/m1/s1. The Morgan fingerprint density at radius 1 is 1.25 bits per heavy atom. The molecule has 7 heteroatoms. The van der Waals surface area contributed by atoms with Crippen LogP contribution in [0.2, 0.25) is 0 Å². The van der Waals surface area contributed by atoms with E-state index in [1.165, 1.54) is 12.8 Å². The molecule has 0 amide bonds. The summed E-state index contributed by atoms with van der Waals surface area (Å²) in [5.41, 5.74) is 7.86. The zero-order chi connectivity index (χ0) is 19.7. The second-order valence-electron chi connectivity index (χ2n) is 8.01. The Bertz CT molecular complexity index is 790. The highest BCUT2D eigenvalue weighted by Gasteiger charge is 2.32. The molecule has 0 radical (unpaired) electrons. The van der Waals surface area contributed by atoms with E-state index >= 15 is 0 Å². The minimum Gasteiger partial charge on any atom is -0.491 e. The number of hydrogen-bond acceptors (Lipinski definition) is 7. The second-order valence-corrected chi connectivity index (χ2v) is 8.01. The predicted octanol–water partition coefficient (Wildman–Crippen LogP) is 2.05. The second kappa shape index (κ2) is 7.83. The first-order valence-corrected chi connectivity index (χ1v) is 10.2. The molecule has 1 saturated carbocycles. The number of ether oxygens (including phenoxy) is 1. The summed E-state index contributed by atoms with van der Waals surface area (Å²) < 4.78 is 5.77. The van der Waals surface area contributed by atoms with E-state index in [2.05, 4.69) is 20.1 Å². The van der Waals surface area contributed by atoms with Crippen molar-refractivity contribution in [3.8, 4) is 5.75 Å². The number of benzene rings is 1. The van der Waals surface area contributed by atoms with Crippen LogP contribution in [0.4, 0.5) is 5.69 Å². The van der Waals surface area contributed by atoms with Crippen LogP contribution in [0.1, 0.15) is 32.3 Å². The normalized spacial score (nSPS) is 22.8. The highest BCUT2D eigenvalue weighted by molar-refractivity contribution is 6.08. The monoisotopic (exact) mass is 382 g/mol. The summed E-state index contributed by atoms with van der Waals surface area (Å²) in [6.45, 7) is 8.12. The van der Waals surface area contributed by atoms with Crippen LogP contribution in [0, 0.1) is 5.41 Å². The summed E-state index contributed by atoms with van der Waals surface area (Å²) in [6.07, 6.45) is 6.51. The molecule has 2 fully saturated rings. The molecule has 4 rings (SSSR count). The van der Waals surface area contributed by atoms with Gasteiger partial charge < -0.3 is 26.1 Å². The number of nitrogens with two attached hydrogens (primary N) is 1. The lowest BCUT2D eigenvalue weighted by molar-refractivity contribution is 0.150. The minimum atomic E-state index is -0.259. The number of piperazine rings is 1. The molecule has 0 spiro atoms. The molecule has 2 heterocycles. The van der Waals surface area contributed by atoms with Gasteiger partial charge >= 0.3 is 0 Å². The van der Waals surface area contributed by atoms with Crippen molar-refractivity contribution < 1.29 is 4.74 Å². The molecule has 1 aromatic carbocycles. The van der Waals surface area contributed by atoms with Crippen molar-refractivity contribution in [2.45, 2.75) is 44.9 Å². The fourth-order valence-electron chi connectivity index (χ4n) is 3.82. The Morgan fingerprint density at radius 3 is 2.68 bits per heavy atom. The molecule has 3 aliphatic rings. The van der Waals surface area contributed by atoms with Gasteiger partial charge in [0.1, 0.15) is 11.6 Å². The molecule has 1 aromatic rings. The fraction of sp³-hybridized carbons (Fsp3) is 0.524. The zero-order valence-corrected chi connectivity index (χ0v) is 16.7. The van der Waals surface area contributed by atoms with Crippen LogP contribution in [-0.2, 0) is 0 Å². The predicted molar refractivity (Wildman–Crippen MR) is 113 cm³/mol. The van der Waals surface area contributed by atoms with Crippen LogP contribution >= 0.6 is 0 Å². The number of aliphatic imine (C=N–C) groups is 1. The van der Waals surface area contributed by atoms with Crippen LogP contribution in [-0.4, -0.2) is 66.2 Å². The van der Waals surface area contributed by atoms with Crippen LogP contribution < -0.4 is 15.8 Å². The van der Waals surface area contributed by atoms with E-state index in [9.17, 15) is 0 Å². The molecule has 7 nitrogen and oxygen atoms in total. The van der Waals surface area contributed by atoms with E-state index in [1.54, 1.807) is 12.4 Å². The van der Waals surface area contributed by atoms with E-state index in [4.69, 9.17) is 15.9 Å². The first-order valence-electron chi connectivity index (χ1n) is 10.2. The highest BCUT2D eigenvalue weighted by atomic mass is 16.5. The van der Waals surface area contributed by atoms with Crippen LogP contribution in [0.3, 0.4) is 0 Å². The van der Waals surface area contributed by atoms with Gasteiger partial charge in [-0.25, -0.2) is 4.99 Å². The third-order valence-corrected chi connectivity index (χ3v) is 5.47. The van der Waals surface area contributed by atoms with Crippen molar-refractivity contribution in [2.75, 3.05) is 31.9 Å². The van der Waals surface area contributed by atoms with Crippen LogP contribution in [0.15, 0.2) is 35.1 Å². The average molecular weight is 383 g/mol. The third-order valence-electron chi connectivity index (χ3n) is 5.47. The molecule has 2 aliphatic heterocycles. The summed E-state index contributed by atoms with van der Waals surface area (Å²) in [4.78, 5) is 9.43. The molecule has 0 aromatic heterocycles. The SMILES string of the molecule is CC(C)Oc1ccc(N)c(C(=N)[C@H]2C=C(N3CCN(C4CC4)CC3)N=CN2)c1. The molecule has 1 saturated heterocycles. The fourth-order valence-corrected chi connectivity index (χ4v) is 3.82. The lowest BCUT2D eigenvalue weighted by atomic mass is 10.00. The van der Waals surface area contributed by atoms with Gasteiger partial charge in [-0.1, -0.05) is 0 Å². The highest BCUT2D eigenvalue weighted by Crippen LogP contribution is 2.28. The van der Waals surface area contributed by atoms with E-state index in [1.807, 2.05) is 32.1 Å². The maximum atomic E-state index is 8.71. The van der Waals surface area contributed by atoms with Crippen molar-refractivity contribution in [2.24, 2.45) is 4.99 Å². The molecule has 0 unspecified atom stereocenters. The Balaban J connectivity index is 1.46. The average Bonchev–Trinajstić information content (AvgIpc) is 3.54. The lowest BCUT2D eigenvalue weighted by Gasteiger charge is -2.37. The molecule has 28 heavy (non-hydrogen) atoms. The Morgan fingerprint density at radius 2 is 2.00 bits per heavy atom. The van der Waals surface area contributed by atoms with Crippen LogP contribution in [0.25, 0.3) is 0 Å². The molecular formula is C21H30N6O. The van der Waals surface area contributed by atoms with E-state index in [0.717, 1.165) is 43.8 Å². The minimum absolute atomic E-state index is 0.0754. The first-order chi connectivity index (χ1) is 13.5. The summed E-state index contributed by atoms with van der Waals surface area (Å²) in [6, 6.07) is 6.07.